The third kappa shape index (κ3) is 3.16. The van der Waals surface area contributed by atoms with Crippen molar-refractivity contribution < 1.29 is 19.4 Å². The van der Waals surface area contributed by atoms with E-state index in [0.717, 1.165) is 21.1 Å². The van der Waals surface area contributed by atoms with Crippen LogP contribution in [0, 0.1) is 0 Å². The molecule has 5 nitrogen and oxygen atoms in total. The Morgan fingerprint density at radius 2 is 2.10 bits per heavy atom. The minimum Gasteiger partial charge on any atom is -0.493 e. The number of carboxylic acid groups (broad SMARTS) is 1. The molecule has 0 amide bonds. The van der Waals surface area contributed by atoms with Crippen LogP contribution >= 0.6 is 11.3 Å². The Bertz CT molecular complexity index is 651. The van der Waals surface area contributed by atoms with E-state index in [0.29, 0.717) is 17.9 Å². The highest BCUT2D eigenvalue weighted by Gasteiger charge is 2.18. The summed E-state index contributed by atoms with van der Waals surface area (Å²) >= 11 is 1.39. The second-order valence-corrected chi connectivity index (χ2v) is 5.44. The summed E-state index contributed by atoms with van der Waals surface area (Å²) in [4.78, 5) is 16.3. The fourth-order valence-corrected chi connectivity index (χ4v) is 3.27. The SMILES string of the molecule is CCc1nc(-c2cccc(OC)c2OC)sc1CC(=O)O. The van der Waals surface area contributed by atoms with Crippen molar-refractivity contribution in [3.8, 4) is 22.1 Å². The number of carboxylic acids is 1. The minimum absolute atomic E-state index is 0.00682. The summed E-state index contributed by atoms with van der Waals surface area (Å²) in [6.07, 6.45) is 0.693. The maximum atomic E-state index is 10.9. The Morgan fingerprint density at radius 3 is 2.67 bits per heavy atom. The smallest absolute Gasteiger partial charge is 0.308 e. The number of thiazole rings is 1. The monoisotopic (exact) mass is 307 g/mol. The average molecular weight is 307 g/mol. The molecule has 2 aromatic rings. The van der Waals surface area contributed by atoms with Gasteiger partial charge in [0, 0.05) is 4.88 Å². The van der Waals surface area contributed by atoms with Gasteiger partial charge in [-0.25, -0.2) is 4.98 Å². The number of hydrogen-bond acceptors (Lipinski definition) is 5. The van der Waals surface area contributed by atoms with Gasteiger partial charge in [0.1, 0.15) is 5.01 Å². The molecule has 1 aromatic heterocycles. The summed E-state index contributed by atoms with van der Waals surface area (Å²) in [5.74, 6) is 0.388. The molecular formula is C15H17NO4S. The van der Waals surface area contributed by atoms with Gasteiger partial charge in [0.05, 0.1) is 31.9 Å². The third-order valence-electron chi connectivity index (χ3n) is 3.06. The molecule has 0 aliphatic rings. The molecule has 0 spiro atoms. The van der Waals surface area contributed by atoms with Crippen LogP contribution in [0.15, 0.2) is 18.2 Å². The van der Waals surface area contributed by atoms with E-state index in [1.807, 2.05) is 25.1 Å². The molecule has 1 heterocycles. The lowest BCUT2D eigenvalue weighted by molar-refractivity contribution is -0.136. The van der Waals surface area contributed by atoms with Gasteiger partial charge in [0.15, 0.2) is 11.5 Å². The molecule has 6 heteroatoms. The van der Waals surface area contributed by atoms with Crippen LogP contribution in [0.4, 0.5) is 0 Å². The first kappa shape index (κ1) is 15.3. The summed E-state index contributed by atoms with van der Waals surface area (Å²) in [6, 6.07) is 5.57. The second-order valence-electron chi connectivity index (χ2n) is 4.35. The van der Waals surface area contributed by atoms with Gasteiger partial charge in [-0.1, -0.05) is 13.0 Å². The predicted octanol–water partition coefficient (Wildman–Crippen LogP) is 3.02. The lowest BCUT2D eigenvalue weighted by Gasteiger charge is -2.10. The van der Waals surface area contributed by atoms with Gasteiger partial charge in [-0.2, -0.15) is 0 Å². The lowest BCUT2D eigenvalue weighted by Crippen LogP contribution is -2.00. The molecule has 0 aliphatic carbocycles. The van der Waals surface area contributed by atoms with E-state index in [1.165, 1.54) is 11.3 Å². The van der Waals surface area contributed by atoms with Crippen molar-refractivity contribution in [2.75, 3.05) is 14.2 Å². The number of aliphatic carboxylic acids is 1. The van der Waals surface area contributed by atoms with E-state index in [4.69, 9.17) is 14.6 Å². The highest BCUT2D eigenvalue weighted by Crippen LogP contribution is 2.40. The number of hydrogen-bond donors (Lipinski definition) is 1. The maximum Gasteiger partial charge on any atom is 0.308 e. The number of carbonyl (C=O) groups is 1. The predicted molar refractivity (Wildman–Crippen MR) is 81.4 cm³/mol. The van der Waals surface area contributed by atoms with Crippen LogP contribution in [0.2, 0.25) is 0 Å². The highest BCUT2D eigenvalue weighted by atomic mass is 32.1. The topological polar surface area (TPSA) is 68.7 Å². The Balaban J connectivity index is 2.52. The van der Waals surface area contributed by atoms with E-state index in [1.54, 1.807) is 14.2 Å². The van der Waals surface area contributed by atoms with E-state index < -0.39 is 5.97 Å². The molecule has 0 aliphatic heterocycles. The summed E-state index contributed by atoms with van der Waals surface area (Å²) in [5, 5.41) is 9.73. The van der Waals surface area contributed by atoms with Gasteiger partial charge in [0.25, 0.3) is 0 Å². The fourth-order valence-electron chi connectivity index (χ4n) is 2.11. The number of nitrogens with zero attached hydrogens (tertiary/aromatic N) is 1. The summed E-state index contributed by atoms with van der Waals surface area (Å²) in [6.45, 7) is 1.97. The molecule has 0 atom stereocenters. The lowest BCUT2D eigenvalue weighted by atomic mass is 10.2. The van der Waals surface area contributed by atoms with Crippen LogP contribution in [0.1, 0.15) is 17.5 Å². The Morgan fingerprint density at radius 1 is 1.33 bits per heavy atom. The average Bonchev–Trinajstić information content (AvgIpc) is 2.88. The molecular weight excluding hydrogens is 290 g/mol. The molecule has 0 radical (unpaired) electrons. The number of aryl methyl sites for hydroxylation is 1. The first-order valence-corrected chi connectivity index (χ1v) is 7.34. The highest BCUT2D eigenvalue weighted by molar-refractivity contribution is 7.15. The fraction of sp³-hybridized carbons (Fsp3) is 0.333. The number of ether oxygens (including phenoxy) is 2. The van der Waals surface area contributed by atoms with Crippen molar-refractivity contribution in [3.63, 3.8) is 0 Å². The number of rotatable bonds is 6. The largest absolute Gasteiger partial charge is 0.493 e. The van der Waals surface area contributed by atoms with Gasteiger partial charge in [-0.15, -0.1) is 11.3 Å². The Kier molecular flexibility index (Phi) is 4.80. The Hall–Kier alpha value is -2.08. The van der Waals surface area contributed by atoms with Crippen molar-refractivity contribution in [2.45, 2.75) is 19.8 Å². The number of aromatic nitrogens is 1. The zero-order chi connectivity index (χ0) is 15.4. The van der Waals surface area contributed by atoms with Crippen molar-refractivity contribution in [2.24, 2.45) is 0 Å². The summed E-state index contributed by atoms with van der Waals surface area (Å²) < 4.78 is 10.7. The second kappa shape index (κ2) is 6.58. The zero-order valence-corrected chi connectivity index (χ0v) is 13.0. The minimum atomic E-state index is -0.850. The molecule has 112 valence electrons. The quantitative estimate of drug-likeness (QED) is 0.888. The molecule has 0 fully saturated rings. The molecule has 1 N–H and O–H groups in total. The van der Waals surface area contributed by atoms with E-state index in [2.05, 4.69) is 4.98 Å². The molecule has 0 unspecified atom stereocenters. The van der Waals surface area contributed by atoms with Gasteiger partial charge in [-0.3, -0.25) is 4.79 Å². The van der Waals surface area contributed by atoms with Crippen molar-refractivity contribution in [1.29, 1.82) is 0 Å². The van der Waals surface area contributed by atoms with Gasteiger partial charge in [-0.05, 0) is 18.6 Å². The van der Waals surface area contributed by atoms with Crippen LogP contribution in [-0.2, 0) is 17.6 Å². The van der Waals surface area contributed by atoms with Gasteiger partial charge in [0.2, 0.25) is 0 Å². The molecule has 0 saturated carbocycles. The van der Waals surface area contributed by atoms with Crippen LogP contribution in [-0.4, -0.2) is 30.3 Å². The van der Waals surface area contributed by atoms with Crippen molar-refractivity contribution in [3.05, 3.63) is 28.8 Å². The van der Waals surface area contributed by atoms with Crippen LogP contribution in [0.5, 0.6) is 11.5 Å². The number of para-hydroxylation sites is 1. The van der Waals surface area contributed by atoms with Crippen molar-refractivity contribution >= 4 is 17.3 Å². The zero-order valence-electron chi connectivity index (χ0n) is 12.2. The van der Waals surface area contributed by atoms with E-state index in [9.17, 15) is 4.79 Å². The number of methoxy groups -OCH3 is 2. The van der Waals surface area contributed by atoms with E-state index in [-0.39, 0.29) is 6.42 Å². The first-order valence-electron chi connectivity index (χ1n) is 6.52. The number of benzene rings is 1. The maximum absolute atomic E-state index is 10.9. The molecule has 0 bridgehead atoms. The van der Waals surface area contributed by atoms with Gasteiger partial charge < -0.3 is 14.6 Å². The van der Waals surface area contributed by atoms with E-state index >= 15 is 0 Å². The van der Waals surface area contributed by atoms with Crippen molar-refractivity contribution in [1.82, 2.24) is 4.98 Å². The summed E-state index contributed by atoms with van der Waals surface area (Å²) in [7, 11) is 3.16. The molecule has 2 rings (SSSR count). The third-order valence-corrected chi connectivity index (χ3v) is 4.19. The van der Waals surface area contributed by atoms with Gasteiger partial charge >= 0.3 is 5.97 Å². The molecule has 0 saturated heterocycles. The first-order chi connectivity index (χ1) is 10.1. The Labute approximate surface area is 127 Å². The summed E-state index contributed by atoms with van der Waals surface area (Å²) in [5.41, 5.74) is 1.63. The van der Waals surface area contributed by atoms with Crippen LogP contribution in [0.3, 0.4) is 0 Å². The molecule has 1 aromatic carbocycles. The van der Waals surface area contributed by atoms with Crippen LogP contribution in [0.25, 0.3) is 10.6 Å². The molecule has 21 heavy (non-hydrogen) atoms. The standard InChI is InChI=1S/C15H17NO4S/c1-4-10-12(8-13(17)18)21-15(16-10)9-6-5-7-11(19-2)14(9)20-3/h5-7H,4,8H2,1-3H3,(H,17,18). The normalized spacial score (nSPS) is 10.4. The van der Waals surface area contributed by atoms with Crippen LogP contribution < -0.4 is 9.47 Å².